The number of hydrogen-bond acceptors (Lipinski definition) is 12. The minimum absolute atomic E-state index is 0. The van der Waals surface area contributed by atoms with Crippen molar-refractivity contribution < 1.29 is 0 Å². The van der Waals surface area contributed by atoms with Gasteiger partial charge >= 0.3 is 0 Å². The summed E-state index contributed by atoms with van der Waals surface area (Å²) < 4.78 is 0. The molecule has 12 heteroatoms. The van der Waals surface area contributed by atoms with Gasteiger partial charge in [-0.05, 0) is 183 Å². The van der Waals surface area contributed by atoms with E-state index in [1.54, 1.807) is 32.1 Å². The molecule has 0 aromatic heterocycles. The standard InChI is InChI=1S/C27H24.C13H24.C13H12.2C8H10.2C6H6.CH6N2.10CH5N.3CH4/c1-3-7-22(8-4-1)19-24-11-15-26(16-12-24)21-27-17-13-25(14-18-27)20-23-9-5-2-6-10-23;2*1-3-7-12(8-4-1)11-13-9-5-2-6-10-13;2*1-2-8-6-4-3-5-7-8;2*1-2-4-6-5-3-1;2-1-3;10*1-2;;;/h1-18H,19-21H2;12-13H,1-11H2;1-10H,11H2;2*3-7H,2H2,1H3;2*1-6H;1-3H2;10*2H2,1H3;3*1H4. The summed E-state index contributed by atoms with van der Waals surface area (Å²) in [5.41, 5.74) is 68.0. The Morgan fingerprint density at radius 2 is 0.318 bits per heavy atom. The molecular formula is C95H160N12. The number of rotatable bonds is 12. The predicted octanol–water partition coefficient (Wildman–Crippen LogP) is 18.7. The molecule has 10 aromatic carbocycles. The van der Waals surface area contributed by atoms with E-state index in [-0.39, 0.29) is 28.9 Å². The van der Waals surface area contributed by atoms with Crippen LogP contribution in [0.4, 0.5) is 0 Å². The zero-order chi connectivity index (χ0) is 79.0. The first-order chi connectivity index (χ1) is 51.5. The Balaban J connectivity index is -0.000000149. The van der Waals surface area contributed by atoms with E-state index >= 15 is 0 Å². The van der Waals surface area contributed by atoms with E-state index in [1.807, 2.05) is 84.9 Å². The molecule has 12 rings (SSSR count). The maximum atomic E-state index is 4.62. The van der Waals surface area contributed by atoms with Gasteiger partial charge in [-0.2, -0.15) is 0 Å². The lowest BCUT2D eigenvalue weighted by Gasteiger charge is -2.28. The van der Waals surface area contributed by atoms with Gasteiger partial charge in [0.1, 0.15) is 0 Å². The first-order valence-corrected chi connectivity index (χ1v) is 37.1. The fraction of sp³-hybridized carbons (Fsp3) is 0.368. The number of aryl methyl sites for hydroxylation is 2. The zero-order valence-corrected chi connectivity index (χ0v) is 66.7. The van der Waals surface area contributed by atoms with Crippen molar-refractivity contribution in [3.63, 3.8) is 0 Å². The van der Waals surface area contributed by atoms with E-state index in [0.717, 1.165) is 50.4 Å². The van der Waals surface area contributed by atoms with Crippen molar-refractivity contribution in [2.75, 3.05) is 77.1 Å². The van der Waals surface area contributed by atoms with Crippen LogP contribution in [0.5, 0.6) is 0 Å². The van der Waals surface area contributed by atoms with Crippen molar-refractivity contribution in [1.29, 1.82) is 0 Å². The van der Waals surface area contributed by atoms with Crippen LogP contribution in [0.15, 0.2) is 303 Å². The van der Waals surface area contributed by atoms with Crippen LogP contribution in [0.25, 0.3) is 0 Å². The lowest BCUT2D eigenvalue weighted by atomic mass is 9.78. The van der Waals surface area contributed by atoms with Crippen LogP contribution in [-0.2, 0) is 38.5 Å². The van der Waals surface area contributed by atoms with E-state index < -0.39 is 0 Å². The fourth-order valence-corrected chi connectivity index (χ4v) is 10.4. The lowest BCUT2D eigenvalue weighted by molar-refractivity contribution is 0.244. The van der Waals surface area contributed by atoms with Gasteiger partial charge in [0.05, 0.1) is 0 Å². The van der Waals surface area contributed by atoms with Gasteiger partial charge in [-0.25, -0.2) is 0 Å². The third-order valence-corrected chi connectivity index (χ3v) is 15.0. The summed E-state index contributed by atoms with van der Waals surface area (Å²) in [6, 6.07) is 105. The Labute approximate surface area is 658 Å². The molecular weight excluding hydrogens is 1310 g/mol. The summed E-state index contributed by atoms with van der Waals surface area (Å²) in [5.74, 6) is 2.24. The number of benzene rings is 10. The fourth-order valence-electron chi connectivity index (χ4n) is 10.4. The van der Waals surface area contributed by atoms with Gasteiger partial charge in [0, 0.05) is 6.67 Å². The second-order valence-corrected chi connectivity index (χ2v) is 21.7. The van der Waals surface area contributed by atoms with Gasteiger partial charge in [-0.15, -0.1) is 0 Å². The summed E-state index contributed by atoms with van der Waals surface area (Å²) in [4.78, 5) is 0. The van der Waals surface area contributed by atoms with Gasteiger partial charge in [0.25, 0.3) is 0 Å². The van der Waals surface area contributed by atoms with Crippen molar-refractivity contribution in [3.05, 3.63) is 359 Å². The molecule has 0 heterocycles. The van der Waals surface area contributed by atoms with Crippen LogP contribution in [0.1, 0.15) is 162 Å². The largest absolute Gasteiger partial charge is 0.333 e. The van der Waals surface area contributed by atoms with Crippen molar-refractivity contribution in [1.82, 2.24) is 0 Å². The molecule has 2 saturated carbocycles. The van der Waals surface area contributed by atoms with Gasteiger partial charge in [-0.3, -0.25) is 0 Å². The van der Waals surface area contributed by atoms with Gasteiger partial charge in [0.2, 0.25) is 0 Å². The number of nitrogens with two attached hydrogens (primary N) is 12. The van der Waals surface area contributed by atoms with E-state index in [1.165, 1.54) is 165 Å². The van der Waals surface area contributed by atoms with Gasteiger partial charge in [-0.1, -0.05) is 404 Å². The Bertz CT molecular complexity index is 2760. The second kappa shape index (κ2) is 99.8. The second-order valence-electron chi connectivity index (χ2n) is 21.7. The van der Waals surface area contributed by atoms with Gasteiger partial charge < -0.3 is 68.8 Å². The van der Waals surface area contributed by atoms with Crippen LogP contribution in [0.2, 0.25) is 0 Å². The third kappa shape index (κ3) is 71.7. The lowest BCUT2D eigenvalue weighted by Crippen LogP contribution is -2.14. The molecule has 2 aliphatic rings. The van der Waals surface area contributed by atoms with Crippen LogP contribution < -0.4 is 68.8 Å². The highest BCUT2D eigenvalue weighted by atomic mass is 14.7. The van der Waals surface area contributed by atoms with E-state index in [9.17, 15) is 0 Å². The summed E-state index contributed by atoms with van der Waals surface area (Å²) in [6.07, 6.45) is 23.2. The summed E-state index contributed by atoms with van der Waals surface area (Å²) in [6.45, 7) is 4.57. The average Bonchev–Trinajstić information content (AvgIpc) is 0.871. The molecule has 0 aliphatic heterocycles. The Morgan fingerprint density at radius 3 is 0.449 bits per heavy atom. The third-order valence-electron chi connectivity index (χ3n) is 15.0. The van der Waals surface area contributed by atoms with E-state index in [2.05, 4.69) is 301 Å². The molecule has 12 nitrogen and oxygen atoms in total. The van der Waals surface area contributed by atoms with Crippen molar-refractivity contribution in [2.24, 2.45) is 80.6 Å². The first kappa shape index (κ1) is 117. The molecule has 0 saturated heterocycles. The Kier molecular flexibility index (Phi) is 109. The predicted molar refractivity (Wildman–Crippen MR) is 487 cm³/mol. The molecule has 10 aromatic rings. The molecule has 0 unspecified atom stereocenters. The average molecular weight is 1470 g/mol. The molecule has 0 atom stereocenters. The summed E-state index contributed by atoms with van der Waals surface area (Å²) in [5, 5.41) is 0. The van der Waals surface area contributed by atoms with Crippen molar-refractivity contribution >= 4 is 0 Å². The molecule has 107 heavy (non-hydrogen) atoms. The molecule has 24 N–H and O–H groups in total. The molecule has 2 aliphatic carbocycles. The maximum Gasteiger partial charge on any atom is 0.0403 e. The van der Waals surface area contributed by atoms with Crippen molar-refractivity contribution in [3.8, 4) is 0 Å². The highest BCUT2D eigenvalue weighted by Gasteiger charge is 2.20. The molecule has 2 fully saturated rings. The maximum absolute atomic E-state index is 4.62. The highest BCUT2D eigenvalue weighted by Crippen LogP contribution is 2.35. The SMILES string of the molecule is C.C.C.C1CCC(CC2CCCCC2)CC1.CCc1ccccc1.CCc1ccccc1.CN.CN.CN.CN.CN.CN.CN.CN.CN.CN.NCN.c1ccc(Cc2ccc(Cc3ccc(Cc4ccccc4)cc3)cc2)cc1.c1ccc(Cc2ccccc2)cc1.c1ccccc1.c1ccccc1. The van der Waals surface area contributed by atoms with Crippen LogP contribution >= 0.6 is 0 Å². The minimum Gasteiger partial charge on any atom is -0.333 e. The first-order valence-electron chi connectivity index (χ1n) is 37.1. The van der Waals surface area contributed by atoms with Crippen LogP contribution in [0, 0.1) is 11.8 Å². The Hall–Kier alpha value is -8.28. The topological polar surface area (TPSA) is 312 Å². The van der Waals surface area contributed by atoms with Crippen LogP contribution in [-0.4, -0.2) is 77.1 Å². The van der Waals surface area contributed by atoms with Crippen molar-refractivity contribution in [2.45, 2.75) is 145 Å². The monoisotopic (exact) mass is 1470 g/mol. The normalized spacial score (nSPS) is 10.2. The molecule has 0 amide bonds. The quantitative estimate of drug-likeness (QED) is 0.0508. The van der Waals surface area contributed by atoms with E-state index in [4.69, 9.17) is 0 Å². The molecule has 600 valence electrons. The van der Waals surface area contributed by atoms with E-state index in [0.29, 0.717) is 0 Å². The van der Waals surface area contributed by atoms with Gasteiger partial charge in [0.15, 0.2) is 0 Å². The molecule has 0 radical (unpaired) electrons. The molecule has 0 bridgehead atoms. The number of hydrogen-bond donors (Lipinski definition) is 12. The highest BCUT2D eigenvalue weighted by molar-refractivity contribution is 5.34. The summed E-state index contributed by atoms with van der Waals surface area (Å²) >= 11 is 0. The van der Waals surface area contributed by atoms with Crippen LogP contribution in [0.3, 0.4) is 0 Å². The molecule has 0 spiro atoms. The zero-order valence-electron chi connectivity index (χ0n) is 66.7. The minimum atomic E-state index is 0. The smallest absolute Gasteiger partial charge is 0.0403 e. The summed E-state index contributed by atoms with van der Waals surface area (Å²) in [7, 11) is 15.0. The Morgan fingerprint density at radius 1 is 0.196 bits per heavy atom.